The lowest BCUT2D eigenvalue weighted by molar-refractivity contribution is -0.124. The Kier molecular flexibility index (Phi) is 6.12. The first-order chi connectivity index (χ1) is 11.8. The van der Waals surface area contributed by atoms with E-state index in [-0.39, 0.29) is 17.9 Å². The van der Waals surface area contributed by atoms with E-state index < -0.39 is 0 Å². The van der Waals surface area contributed by atoms with Crippen molar-refractivity contribution in [3.63, 3.8) is 0 Å². The van der Waals surface area contributed by atoms with E-state index in [0.29, 0.717) is 23.7 Å². The summed E-state index contributed by atoms with van der Waals surface area (Å²) in [4.78, 5) is 29.0. The average Bonchev–Trinajstić information content (AvgIpc) is 3.12. The molecule has 0 aliphatic carbocycles. The molecule has 2 aliphatic heterocycles. The first-order valence-electron chi connectivity index (χ1n) is 8.27. The zero-order valence-electron chi connectivity index (χ0n) is 13.6. The van der Waals surface area contributed by atoms with Gasteiger partial charge in [-0.3, -0.25) is 14.5 Å². The summed E-state index contributed by atoms with van der Waals surface area (Å²) < 4.78 is 5.31. The van der Waals surface area contributed by atoms with Crippen molar-refractivity contribution in [2.75, 3.05) is 51.0 Å². The Hall–Kier alpha value is -1.57. The summed E-state index contributed by atoms with van der Waals surface area (Å²) in [7, 11) is 0. The lowest BCUT2D eigenvalue weighted by Gasteiger charge is -2.27. The molecule has 24 heavy (non-hydrogen) atoms. The molecule has 1 unspecified atom stereocenters. The summed E-state index contributed by atoms with van der Waals surface area (Å²) in [6.45, 7) is 4.76. The number of rotatable bonds is 5. The van der Waals surface area contributed by atoms with E-state index >= 15 is 0 Å². The predicted molar refractivity (Wildman–Crippen MR) is 94.0 cm³/mol. The first-order valence-corrected chi connectivity index (χ1v) is 9.43. The van der Waals surface area contributed by atoms with Crippen LogP contribution in [0, 0.1) is 0 Å². The van der Waals surface area contributed by atoms with Crippen molar-refractivity contribution in [1.29, 1.82) is 0 Å². The maximum absolute atomic E-state index is 12.6. The van der Waals surface area contributed by atoms with Crippen molar-refractivity contribution in [3.8, 4) is 0 Å². The van der Waals surface area contributed by atoms with Gasteiger partial charge in [0.15, 0.2) is 0 Å². The van der Waals surface area contributed by atoms with Gasteiger partial charge in [-0.25, -0.2) is 0 Å². The molecule has 130 valence electrons. The van der Waals surface area contributed by atoms with Crippen LogP contribution < -0.4 is 5.32 Å². The van der Waals surface area contributed by atoms with E-state index in [1.807, 2.05) is 18.2 Å². The van der Waals surface area contributed by atoms with Gasteiger partial charge in [0.1, 0.15) is 6.04 Å². The van der Waals surface area contributed by atoms with Crippen LogP contribution in [0.25, 0.3) is 0 Å². The molecule has 1 atom stereocenters. The molecule has 0 saturated carbocycles. The molecule has 0 radical (unpaired) electrons. The van der Waals surface area contributed by atoms with Crippen LogP contribution in [0.15, 0.2) is 30.3 Å². The van der Waals surface area contributed by atoms with Crippen LogP contribution in [-0.2, 0) is 9.53 Å². The second-order valence-electron chi connectivity index (χ2n) is 5.90. The monoisotopic (exact) mass is 349 g/mol. The number of thioether (sulfide) groups is 1. The number of hydrogen-bond donors (Lipinski definition) is 1. The fourth-order valence-corrected chi connectivity index (χ4v) is 4.04. The van der Waals surface area contributed by atoms with Crippen molar-refractivity contribution in [2.45, 2.75) is 6.04 Å². The fraction of sp³-hybridized carbons (Fsp3) is 0.529. The van der Waals surface area contributed by atoms with Gasteiger partial charge in [-0.1, -0.05) is 18.2 Å². The number of carbonyl (C=O) groups is 2. The van der Waals surface area contributed by atoms with Crippen LogP contribution in [0.4, 0.5) is 0 Å². The Labute approximate surface area is 146 Å². The highest BCUT2D eigenvalue weighted by Crippen LogP contribution is 2.23. The number of ether oxygens (including phenoxy) is 1. The molecule has 2 heterocycles. The Bertz CT molecular complexity index is 563. The maximum atomic E-state index is 12.6. The molecule has 6 nitrogen and oxygen atoms in total. The molecule has 2 aliphatic rings. The third-order valence-electron chi connectivity index (χ3n) is 4.30. The van der Waals surface area contributed by atoms with Gasteiger partial charge in [0.25, 0.3) is 5.91 Å². The van der Waals surface area contributed by atoms with Crippen molar-refractivity contribution in [3.05, 3.63) is 35.9 Å². The lowest BCUT2D eigenvalue weighted by atomic mass is 10.1. The molecule has 1 N–H and O–H groups in total. The van der Waals surface area contributed by atoms with Gasteiger partial charge in [-0.15, -0.1) is 11.8 Å². The summed E-state index contributed by atoms with van der Waals surface area (Å²) in [5.74, 6) is 1.09. The van der Waals surface area contributed by atoms with E-state index in [4.69, 9.17) is 4.74 Å². The molecule has 7 heteroatoms. The van der Waals surface area contributed by atoms with E-state index in [2.05, 4.69) is 10.2 Å². The number of hydrogen-bond acceptors (Lipinski definition) is 5. The van der Waals surface area contributed by atoms with Crippen LogP contribution in [0.5, 0.6) is 0 Å². The molecule has 2 fully saturated rings. The molecule has 0 aromatic heterocycles. The van der Waals surface area contributed by atoms with Crippen LogP contribution >= 0.6 is 11.8 Å². The summed E-state index contributed by atoms with van der Waals surface area (Å²) in [6.07, 6.45) is 0. The van der Waals surface area contributed by atoms with Crippen molar-refractivity contribution in [2.24, 2.45) is 0 Å². The van der Waals surface area contributed by atoms with Crippen molar-refractivity contribution in [1.82, 2.24) is 15.1 Å². The zero-order valence-corrected chi connectivity index (χ0v) is 14.5. The fourth-order valence-electron chi connectivity index (χ4n) is 2.89. The Morgan fingerprint density at radius 3 is 2.71 bits per heavy atom. The Morgan fingerprint density at radius 1 is 1.21 bits per heavy atom. The third kappa shape index (κ3) is 4.28. The summed E-state index contributed by atoms with van der Waals surface area (Å²) in [5.41, 5.74) is 0.631. The molecular weight excluding hydrogens is 326 g/mol. The third-order valence-corrected chi connectivity index (χ3v) is 5.31. The van der Waals surface area contributed by atoms with E-state index in [1.54, 1.807) is 28.8 Å². The molecular formula is C17H23N3O3S. The molecule has 1 aromatic carbocycles. The van der Waals surface area contributed by atoms with E-state index in [9.17, 15) is 9.59 Å². The minimum atomic E-state index is -0.382. The molecule has 0 bridgehead atoms. The Balaban J connectivity index is 1.51. The second kappa shape index (κ2) is 8.50. The highest BCUT2D eigenvalue weighted by molar-refractivity contribution is 7.99. The predicted octanol–water partition coefficient (Wildman–Crippen LogP) is 0.650. The van der Waals surface area contributed by atoms with Gasteiger partial charge in [-0.2, -0.15) is 0 Å². The van der Waals surface area contributed by atoms with E-state index in [0.717, 1.165) is 32.8 Å². The largest absolute Gasteiger partial charge is 0.379 e. The number of nitrogens with one attached hydrogen (secondary N) is 1. The molecule has 0 spiro atoms. The average molecular weight is 349 g/mol. The molecule has 2 amide bonds. The first kappa shape index (κ1) is 17.3. The van der Waals surface area contributed by atoms with Crippen LogP contribution in [0.3, 0.4) is 0 Å². The number of carbonyl (C=O) groups excluding carboxylic acids is 2. The zero-order chi connectivity index (χ0) is 16.8. The van der Waals surface area contributed by atoms with E-state index in [1.165, 1.54) is 0 Å². The quantitative estimate of drug-likeness (QED) is 0.846. The highest BCUT2D eigenvalue weighted by atomic mass is 32.2. The summed E-state index contributed by atoms with van der Waals surface area (Å²) in [5, 5.41) is 2.98. The van der Waals surface area contributed by atoms with Crippen molar-refractivity contribution < 1.29 is 14.3 Å². The van der Waals surface area contributed by atoms with Gasteiger partial charge < -0.3 is 15.0 Å². The summed E-state index contributed by atoms with van der Waals surface area (Å²) in [6, 6.07) is 8.76. The molecule has 3 rings (SSSR count). The highest BCUT2D eigenvalue weighted by Gasteiger charge is 2.34. The van der Waals surface area contributed by atoms with Gasteiger partial charge in [-0.05, 0) is 12.1 Å². The number of nitrogens with zero attached hydrogens (tertiary/aromatic N) is 2. The minimum Gasteiger partial charge on any atom is -0.379 e. The minimum absolute atomic E-state index is 0.0578. The Morgan fingerprint density at radius 2 is 1.96 bits per heavy atom. The SMILES string of the molecule is O=C(NCCN1CCOCC1)C1CSCN1C(=O)c1ccccc1. The van der Waals surface area contributed by atoms with Crippen LogP contribution in [0.1, 0.15) is 10.4 Å². The van der Waals surface area contributed by atoms with Gasteiger partial charge in [0, 0.05) is 37.5 Å². The van der Waals surface area contributed by atoms with Crippen LogP contribution in [0.2, 0.25) is 0 Å². The lowest BCUT2D eigenvalue weighted by Crippen LogP contribution is -2.49. The smallest absolute Gasteiger partial charge is 0.255 e. The second-order valence-corrected chi connectivity index (χ2v) is 6.90. The normalized spacial score (nSPS) is 21.7. The maximum Gasteiger partial charge on any atom is 0.255 e. The number of amides is 2. The van der Waals surface area contributed by atoms with Gasteiger partial charge >= 0.3 is 0 Å². The van der Waals surface area contributed by atoms with Gasteiger partial charge in [0.2, 0.25) is 5.91 Å². The molecule has 1 aromatic rings. The number of morpholine rings is 1. The van der Waals surface area contributed by atoms with Crippen LogP contribution in [-0.4, -0.2) is 78.7 Å². The molecule has 2 saturated heterocycles. The van der Waals surface area contributed by atoms with Gasteiger partial charge in [0.05, 0.1) is 19.1 Å². The summed E-state index contributed by atoms with van der Waals surface area (Å²) >= 11 is 1.62. The van der Waals surface area contributed by atoms with Crippen molar-refractivity contribution >= 4 is 23.6 Å². The number of benzene rings is 1. The topological polar surface area (TPSA) is 61.9 Å². The standard InChI is InChI=1S/C17H23N3O3S/c21-16(18-6-7-19-8-10-23-11-9-19)15-12-24-13-20(15)17(22)14-4-2-1-3-5-14/h1-5,15H,6-13H2,(H,18,21).